The molecule has 0 amide bonds. The van der Waals surface area contributed by atoms with E-state index in [0.717, 1.165) is 17.3 Å². The van der Waals surface area contributed by atoms with Crippen LogP contribution in [0.25, 0.3) is 0 Å². The van der Waals surface area contributed by atoms with E-state index in [9.17, 15) is 4.79 Å². The number of hydrogen-bond donors (Lipinski definition) is 2. The van der Waals surface area contributed by atoms with Gasteiger partial charge in [0.05, 0.1) is 0 Å². The Balaban J connectivity index is 3.14. The molecule has 12 heavy (non-hydrogen) atoms. The van der Waals surface area contributed by atoms with Crippen LogP contribution >= 0.6 is 23.5 Å². The van der Waals surface area contributed by atoms with Gasteiger partial charge in [-0.2, -0.15) is 23.5 Å². The average Bonchev–Trinajstić information content (AvgIpc) is 2.03. The summed E-state index contributed by atoms with van der Waals surface area (Å²) in [6.07, 6.45) is 0. The largest absolute Gasteiger partial charge is 0.480 e. The van der Waals surface area contributed by atoms with Crippen molar-refractivity contribution in [3.63, 3.8) is 0 Å². The number of hydrogen-bond acceptors (Lipinski definition) is 4. The molecule has 0 heterocycles. The third kappa shape index (κ3) is 6.82. The molecule has 5 heteroatoms. The van der Waals surface area contributed by atoms with Gasteiger partial charge in [-0.1, -0.05) is 6.92 Å². The molecule has 3 nitrogen and oxygen atoms in total. The smallest absolute Gasteiger partial charge is 0.321 e. The van der Waals surface area contributed by atoms with Crippen molar-refractivity contribution in [1.29, 1.82) is 0 Å². The van der Waals surface area contributed by atoms with Crippen LogP contribution in [0.5, 0.6) is 0 Å². The summed E-state index contributed by atoms with van der Waals surface area (Å²) in [6.45, 7) is 2.11. The van der Waals surface area contributed by atoms with E-state index in [2.05, 4.69) is 6.92 Å². The zero-order valence-corrected chi connectivity index (χ0v) is 8.79. The highest BCUT2D eigenvalue weighted by molar-refractivity contribution is 8.02. The summed E-state index contributed by atoms with van der Waals surface area (Å²) in [5, 5.41) is 8.44. The van der Waals surface area contributed by atoms with Crippen molar-refractivity contribution in [2.75, 3.05) is 23.0 Å². The van der Waals surface area contributed by atoms with Gasteiger partial charge in [0.2, 0.25) is 0 Å². The molecule has 0 spiro atoms. The fourth-order valence-electron chi connectivity index (χ4n) is 0.544. The maximum absolute atomic E-state index is 10.3. The third-order valence-corrected chi connectivity index (χ3v) is 3.44. The first kappa shape index (κ1) is 12.1. The highest BCUT2D eigenvalue weighted by atomic mass is 32.2. The first-order chi connectivity index (χ1) is 5.68. The van der Waals surface area contributed by atoms with Crippen molar-refractivity contribution in [3.05, 3.63) is 0 Å². The number of carboxylic acid groups (broad SMARTS) is 1. The lowest BCUT2D eigenvalue weighted by Crippen LogP contribution is -2.32. The number of rotatable bonds is 7. The van der Waals surface area contributed by atoms with Gasteiger partial charge < -0.3 is 10.8 Å². The predicted molar refractivity (Wildman–Crippen MR) is 55.9 cm³/mol. The minimum atomic E-state index is -0.911. The van der Waals surface area contributed by atoms with Crippen LogP contribution in [0.1, 0.15) is 6.92 Å². The second-order valence-electron chi connectivity index (χ2n) is 2.22. The molecule has 0 rings (SSSR count). The molecule has 0 aromatic rings. The molecule has 0 aromatic heterocycles. The Hall–Kier alpha value is 0.130. The zero-order chi connectivity index (χ0) is 9.40. The molecule has 0 aliphatic carbocycles. The second kappa shape index (κ2) is 7.76. The van der Waals surface area contributed by atoms with E-state index >= 15 is 0 Å². The Morgan fingerprint density at radius 2 is 2.08 bits per heavy atom. The highest BCUT2D eigenvalue weighted by Crippen LogP contribution is 2.07. The molecule has 0 aromatic carbocycles. The fourth-order valence-corrected chi connectivity index (χ4v) is 2.34. The van der Waals surface area contributed by atoms with E-state index < -0.39 is 12.0 Å². The van der Waals surface area contributed by atoms with Gasteiger partial charge in [-0.05, 0) is 5.75 Å². The Morgan fingerprint density at radius 1 is 1.50 bits per heavy atom. The Kier molecular flexibility index (Phi) is 7.85. The zero-order valence-electron chi connectivity index (χ0n) is 7.16. The van der Waals surface area contributed by atoms with Crippen molar-refractivity contribution in [2.45, 2.75) is 13.0 Å². The summed E-state index contributed by atoms with van der Waals surface area (Å²) in [6, 6.07) is -0.707. The summed E-state index contributed by atoms with van der Waals surface area (Å²) in [5.74, 6) is 2.78. The van der Waals surface area contributed by atoms with Crippen LogP contribution in [-0.4, -0.2) is 40.1 Å². The molecule has 0 radical (unpaired) electrons. The molecule has 3 N–H and O–H groups in total. The first-order valence-electron chi connectivity index (χ1n) is 3.82. The van der Waals surface area contributed by atoms with Gasteiger partial charge in [0.1, 0.15) is 6.04 Å². The number of nitrogens with two attached hydrogens (primary N) is 1. The monoisotopic (exact) mass is 209 g/mol. The quantitative estimate of drug-likeness (QED) is 0.610. The van der Waals surface area contributed by atoms with E-state index in [1.165, 1.54) is 0 Å². The summed E-state index contributed by atoms with van der Waals surface area (Å²) < 4.78 is 0. The predicted octanol–water partition coefficient (Wildman–Crippen LogP) is 0.885. The Bertz CT molecular complexity index is 133. The summed E-state index contributed by atoms with van der Waals surface area (Å²) in [4.78, 5) is 10.3. The lowest BCUT2D eigenvalue weighted by Gasteiger charge is -2.04. The lowest BCUT2D eigenvalue weighted by atomic mass is 10.4. The summed E-state index contributed by atoms with van der Waals surface area (Å²) >= 11 is 3.46. The molecule has 0 aliphatic heterocycles. The van der Waals surface area contributed by atoms with Crippen molar-refractivity contribution in [2.24, 2.45) is 5.73 Å². The van der Waals surface area contributed by atoms with Gasteiger partial charge in [0, 0.05) is 17.3 Å². The molecule has 0 aliphatic rings. The molecule has 0 fully saturated rings. The van der Waals surface area contributed by atoms with Crippen LogP contribution in [0.2, 0.25) is 0 Å². The Morgan fingerprint density at radius 3 is 2.58 bits per heavy atom. The van der Waals surface area contributed by atoms with Crippen molar-refractivity contribution >= 4 is 29.5 Å². The number of carboxylic acids is 1. The molecule has 1 atom stereocenters. The van der Waals surface area contributed by atoms with Crippen LogP contribution in [0.4, 0.5) is 0 Å². The number of carbonyl (C=O) groups is 1. The first-order valence-corrected chi connectivity index (χ1v) is 6.13. The molecule has 1 unspecified atom stereocenters. The molecule has 0 saturated carbocycles. The Labute approximate surface area is 81.5 Å². The minimum absolute atomic E-state index is 0.513. The van der Waals surface area contributed by atoms with Crippen molar-refractivity contribution < 1.29 is 9.90 Å². The van der Waals surface area contributed by atoms with E-state index in [0.29, 0.717) is 5.75 Å². The SMILES string of the molecule is CCSCCSCC(N)C(=O)O. The minimum Gasteiger partial charge on any atom is -0.480 e. The molecular formula is C7H15NO2S2. The normalized spacial score (nSPS) is 12.8. The molecule has 72 valence electrons. The van der Waals surface area contributed by atoms with E-state index in [4.69, 9.17) is 10.8 Å². The third-order valence-electron chi connectivity index (χ3n) is 1.19. The second-order valence-corrected chi connectivity index (χ2v) is 4.76. The van der Waals surface area contributed by atoms with Gasteiger partial charge in [0.15, 0.2) is 0 Å². The van der Waals surface area contributed by atoms with Crippen LogP contribution in [0.3, 0.4) is 0 Å². The van der Waals surface area contributed by atoms with Crippen LogP contribution in [0.15, 0.2) is 0 Å². The van der Waals surface area contributed by atoms with Crippen molar-refractivity contribution in [1.82, 2.24) is 0 Å². The number of aliphatic carboxylic acids is 1. The van der Waals surface area contributed by atoms with Crippen LogP contribution in [-0.2, 0) is 4.79 Å². The average molecular weight is 209 g/mol. The van der Waals surface area contributed by atoms with Crippen molar-refractivity contribution in [3.8, 4) is 0 Å². The van der Waals surface area contributed by atoms with Gasteiger partial charge in [0.25, 0.3) is 0 Å². The fraction of sp³-hybridized carbons (Fsp3) is 0.857. The maximum atomic E-state index is 10.3. The molecule has 0 saturated heterocycles. The van der Waals surface area contributed by atoms with E-state index in [-0.39, 0.29) is 0 Å². The molecular weight excluding hydrogens is 194 g/mol. The van der Waals surface area contributed by atoms with E-state index in [1.54, 1.807) is 11.8 Å². The van der Waals surface area contributed by atoms with Gasteiger partial charge >= 0.3 is 5.97 Å². The van der Waals surface area contributed by atoms with Gasteiger partial charge in [-0.15, -0.1) is 0 Å². The number of thioether (sulfide) groups is 2. The highest BCUT2D eigenvalue weighted by Gasteiger charge is 2.09. The lowest BCUT2D eigenvalue weighted by molar-refractivity contribution is -0.137. The topological polar surface area (TPSA) is 63.3 Å². The molecule has 0 bridgehead atoms. The van der Waals surface area contributed by atoms with Crippen LogP contribution in [0, 0.1) is 0 Å². The van der Waals surface area contributed by atoms with Gasteiger partial charge in [-0.3, -0.25) is 4.79 Å². The maximum Gasteiger partial charge on any atom is 0.321 e. The summed E-state index contributed by atoms with van der Waals surface area (Å²) in [7, 11) is 0. The summed E-state index contributed by atoms with van der Waals surface area (Å²) in [5.41, 5.74) is 5.30. The van der Waals surface area contributed by atoms with Gasteiger partial charge in [-0.25, -0.2) is 0 Å². The van der Waals surface area contributed by atoms with Crippen LogP contribution < -0.4 is 5.73 Å². The van der Waals surface area contributed by atoms with E-state index in [1.807, 2.05) is 11.8 Å². The standard InChI is InChI=1S/C7H15NO2S2/c1-2-11-3-4-12-5-6(8)7(9)10/h6H,2-5,8H2,1H3,(H,9,10).